The summed E-state index contributed by atoms with van der Waals surface area (Å²) >= 11 is 0. The summed E-state index contributed by atoms with van der Waals surface area (Å²) in [7, 11) is 0. The molecule has 0 bridgehead atoms. The third-order valence-electron chi connectivity index (χ3n) is 1.84. The molecule has 17 heavy (non-hydrogen) atoms. The van der Waals surface area contributed by atoms with E-state index in [9.17, 15) is 9.59 Å². The van der Waals surface area contributed by atoms with Crippen LogP contribution >= 0.6 is 0 Å². The average Bonchev–Trinajstić information content (AvgIpc) is 2.26. The van der Waals surface area contributed by atoms with E-state index in [1.165, 1.54) is 24.4 Å². The Morgan fingerprint density at radius 1 is 1.59 bits per heavy atom. The number of esters is 1. The molecule has 0 aliphatic carbocycles. The lowest BCUT2D eigenvalue weighted by Gasteiger charge is -2.00. The fourth-order valence-corrected chi connectivity index (χ4v) is 1.12. The molecule has 0 unspecified atom stereocenters. The Balaban J connectivity index is 2.84. The number of aromatic carboxylic acids is 1. The largest absolute Gasteiger partial charge is 0.476 e. The molecule has 0 radical (unpaired) electrons. The fraction of sp³-hybridized carbons (Fsp3) is 0.182. The topological polar surface area (TPSA) is 103 Å². The number of carbonyl (C=O) groups is 2. The Morgan fingerprint density at radius 3 is 2.82 bits per heavy atom. The van der Waals surface area contributed by atoms with Crippen LogP contribution in [0.5, 0.6) is 0 Å². The smallest absolute Gasteiger partial charge is 0.356 e. The molecule has 1 heterocycles. The average molecular weight is 236 g/mol. The molecule has 3 N–H and O–H groups in total. The molecule has 0 aliphatic rings. The van der Waals surface area contributed by atoms with Gasteiger partial charge in [-0.15, -0.1) is 0 Å². The van der Waals surface area contributed by atoms with Gasteiger partial charge in [-0.2, -0.15) is 0 Å². The summed E-state index contributed by atoms with van der Waals surface area (Å²) in [4.78, 5) is 25.3. The van der Waals surface area contributed by atoms with Crippen molar-refractivity contribution >= 4 is 23.7 Å². The Morgan fingerprint density at radius 2 is 2.29 bits per heavy atom. The first-order valence-corrected chi connectivity index (χ1v) is 4.88. The quantitative estimate of drug-likeness (QED) is 0.595. The van der Waals surface area contributed by atoms with Crippen molar-refractivity contribution in [2.24, 2.45) is 0 Å². The van der Waals surface area contributed by atoms with Gasteiger partial charge in [-0.3, -0.25) is 0 Å². The SMILES string of the molecule is CCOC(=O)C=Cc1cnc(C(=O)O)c(N)c1. The second kappa shape index (κ2) is 5.64. The monoisotopic (exact) mass is 236 g/mol. The highest BCUT2D eigenvalue weighted by molar-refractivity contribution is 5.92. The van der Waals surface area contributed by atoms with Crippen LogP contribution in [0.3, 0.4) is 0 Å². The van der Waals surface area contributed by atoms with Crippen molar-refractivity contribution in [1.82, 2.24) is 4.98 Å². The number of carboxylic acid groups (broad SMARTS) is 1. The number of anilines is 1. The summed E-state index contributed by atoms with van der Waals surface area (Å²) in [5, 5.41) is 8.71. The molecule has 0 aromatic carbocycles. The lowest BCUT2D eigenvalue weighted by atomic mass is 10.2. The molecule has 1 rings (SSSR count). The van der Waals surface area contributed by atoms with Crippen LogP contribution in [0.15, 0.2) is 18.3 Å². The molecule has 6 nitrogen and oxygen atoms in total. The zero-order chi connectivity index (χ0) is 12.8. The summed E-state index contributed by atoms with van der Waals surface area (Å²) in [5.41, 5.74) is 5.86. The van der Waals surface area contributed by atoms with E-state index in [1.54, 1.807) is 6.92 Å². The second-order valence-corrected chi connectivity index (χ2v) is 3.10. The molecule has 0 spiro atoms. The Hall–Kier alpha value is -2.37. The predicted molar refractivity (Wildman–Crippen MR) is 61.3 cm³/mol. The van der Waals surface area contributed by atoms with Crippen molar-refractivity contribution < 1.29 is 19.4 Å². The zero-order valence-electron chi connectivity index (χ0n) is 9.21. The molecule has 0 saturated heterocycles. The van der Waals surface area contributed by atoms with Crippen molar-refractivity contribution in [3.63, 3.8) is 0 Å². The normalized spacial score (nSPS) is 10.4. The van der Waals surface area contributed by atoms with Crippen LogP contribution in [0, 0.1) is 0 Å². The van der Waals surface area contributed by atoms with Gasteiger partial charge in [0.25, 0.3) is 0 Å². The van der Waals surface area contributed by atoms with Gasteiger partial charge in [0, 0.05) is 12.3 Å². The first-order chi connectivity index (χ1) is 8.04. The molecular weight excluding hydrogens is 224 g/mol. The van der Waals surface area contributed by atoms with Crippen LogP contribution in [-0.2, 0) is 9.53 Å². The molecular formula is C11H12N2O4. The van der Waals surface area contributed by atoms with E-state index in [-0.39, 0.29) is 11.4 Å². The van der Waals surface area contributed by atoms with Gasteiger partial charge in [-0.05, 0) is 24.6 Å². The lowest BCUT2D eigenvalue weighted by molar-refractivity contribution is -0.137. The lowest BCUT2D eigenvalue weighted by Crippen LogP contribution is -2.05. The van der Waals surface area contributed by atoms with Crippen LogP contribution in [0.1, 0.15) is 23.0 Å². The summed E-state index contributed by atoms with van der Waals surface area (Å²) in [6.07, 6.45) is 3.99. The van der Waals surface area contributed by atoms with E-state index in [0.717, 1.165) is 0 Å². The zero-order valence-corrected chi connectivity index (χ0v) is 9.21. The molecule has 0 saturated carbocycles. The molecule has 0 amide bonds. The van der Waals surface area contributed by atoms with Crippen molar-refractivity contribution in [2.75, 3.05) is 12.3 Å². The third kappa shape index (κ3) is 3.60. The maximum Gasteiger partial charge on any atom is 0.356 e. The fourth-order valence-electron chi connectivity index (χ4n) is 1.12. The maximum absolute atomic E-state index is 11.0. The first kappa shape index (κ1) is 12.7. The van der Waals surface area contributed by atoms with E-state index in [1.807, 2.05) is 0 Å². The van der Waals surface area contributed by atoms with Crippen LogP contribution in [0.2, 0.25) is 0 Å². The van der Waals surface area contributed by atoms with E-state index in [0.29, 0.717) is 12.2 Å². The Bertz CT molecular complexity index is 469. The van der Waals surface area contributed by atoms with Crippen molar-refractivity contribution in [2.45, 2.75) is 6.92 Å². The number of pyridine rings is 1. The van der Waals surface area contributed by atoms with Crippen LogP contribution in [-0.4, -0.2) is 28.6 Å². The summed E-state index contributed by atoms with van der Waals surface area (Å²) in [6.45, 7) is 1.99. The number of hydrogen-bond acceptors (Lipinski definition) is 5. The highest BCUT2D eigenvalue weighted by Gasteiger charge is 2.09. The minimum Gasteiger partial charge on any atom is -0.476 e. The maximum atomic E-state index is 11.0. The van der Waals surface area contributed by atoms with Gasteiger partial charge < -0.3 is 15.6 Å². The van der Waals surface area contributed by atoms with Gasteiger partial charge in [-0.25, -0.2) is 14.6 Å². The predicted octanol–water partition coefficient (Wildman–Crippen LogP) is 0.938. The molecule has 90 valence electrons. The van der Waals surface area contributed by atoms with Gasteiger partial charge in [0.15, 0.2) is 5.69 Å². The highest BCUT2D eigenvalue weighted by atomic mass is 16.5. The molecule has 1 aromatic heterocycles. The van der Waals surface area contributed by atoms with Gasteiger partial charge in [0.05, 0.1) is 12.3 Å². The molecule has 0 aliphatic heterocycles. The molecule has 0 fully saturated rings. The number of nitrogens with two attached hydrogens (primary N) is 1. The van der Waals surface area contributed by atoms with Crippen LogP contribution in [0.25, 0.3) is 6.08 Å². The second-order valence-electron chi connectivity index (χ2n) is 3.10. The van der Waals surface area contributed by atoms with Gasteiger partial charge in [0.2, 0.25) is 0 Å². The standard InChI is InChI=1S/C11H12N2O4/c1-2-17-9(14)4-3-7-5-8(12)10(11(15)16)13-6-7/h3-6H,2,12H2,1H3,(H,15,16). The van der Waals surface area contributed by atoms with Gasteiger partial charge in [0.1, 0.15) is 0 Å². The number of hydrogen-bond donors (Lipinski definition) is 2. The summed E-state index contributed by atoms with van der Waals surface area (Å²) in [6, 6.07) is 1.42. The number of nitrogens with zero attached hydrogens (tertiary/aromatic N) is 1. The van der Waals surface area contributed by atoms with E-state index in [2.05, 4.69) is 9.72 Å². The molecule has 1 aromatic rings. The number of carbonyl (C=O) groups excluding carboxylic acids is 1. The summed E-state index contributed by atoms with van der Waals surface area (Å²) < 4.78 is 4.68. The number of aromatic nitrogens is 1. The van der Waals surface area contributed by atoms with E-state index >= 15 is 0 Å². The van der Waals surface area contributed by atoms with Gasteiger partial charge >= 0.3 is 11.9 Å². The van der Waals surface area contributed by atoms with Crippen molar-refractivity contribution in [3.05, 3.63) is 29.6 Å². The number of rotatable bonds is 4. The first-order valence-electron chi connectivity index (χ1n) is 4.88. The summed E-state index contributed by atoms with van der Waals surface area (Å²) in [5.74, 6) is -1.67. The Kier molecular flexibility index (Phi) is 4.21. The van der Waals surface area contributed by atoms with Crippen LogP contribution in [0.4, 0.5) is 5.69 Å². The van der Waals surface area contributed by atoms with Crippen LogP contribution < -0.4 is 5.73 Å². The van der Waals surface area contributed by atoms with E-state index < -0.39 is 11.9 Å². The minimum absolute atomic E-state index is 0.0449. The number of ether oxygens (including phenoxy) is 1. The molecule has 6 heteroatoms. The van der Waals surface area contributed by atoms with E-state index in [4.69, 9.17) is 10.8 Å². The number of nitrogen functional groups attached to an aromatic ring is 1. The van der Waals surface area contributed by atoms with Gasteiger partial charge in [-0.1, -0.05) is 0 Å². The highest BCUT2D eigenvalue weighted by Crippen LogP contribution is 2.12. The van der Waals surface area contributed by atoms with Crippen molar-refractivity contribution in [1.29, 1.82) is 0 Å². The minimum atomic E-state index is -1.19. The Labute approximate surface area is 97.7 Å². The molecule has 0 atom stereocenters. The number of carboxylic acids is 1. The van der Waals surface area contributed by atoms with Crippen molar-refractivity contribution in [3.8, 4) is 0 Å². The third-order valence-corrected chi connectivity index (χ3v) is 1.84.